The molecular weight excluding hydrogens is 344 g/mol. The van der Waals surface area contributed by atoms with Crippen LogP contribution < -0.4 is 10.3 Å². The van der Waals surface area contributed by atoms with Crippen LogP contribution in [0.1, 0.15) is 28.5 Å². The number of esters is 1. The topological polar surface area (TPSA) is 70.4 Å². The molecule has 0 unspecified atom stereocenters. The molecule has 3 aromatic rings. The zero-order valence-electron chi connectivity index (χ0n) is 15.2. The van der Waals surface area contributed by atoms with Gasteiger partial charge in [0.1, 0.15) is 6.61 Å². The summed E-state index contributed by atoms with van der Waals surface area (Å²) in [5.41, 5.74) is 2.15. The Bertz CT molecular complexity index is 997. The minimum absolute atomic E-state index is 0.0343. The smallest absolute Gasteiger partial charge is 0.362 e. The van der Waals surface area contributed by atoms with E-state index >= 15 is 0 Å². The number of hydrogen-bond acceptors (Lipinski definition) is 5. The second kappa shape index (κ2) is 8.31. The number of ether oxygens (including phenoxy) is 2. The van der Waals surface area contributed by atoms with Crippen LogP contribution >= 0.6 is 0 Å². The van der Waals surface area contributed by atoms with E-state index in [0.717, 1.165) is 15.8 Å². The molecule has 6 nitrogen and oxygen atoms in total. The van der Waals surface area contributed by atoms with Crippen molar-refractivity contribution < 1.29 is 14.3 Å². The van der Waals surface area contributed by atoms with Crippen molar-refractivity contribution in [2.45, 2.75) is 20.5 Å². The molecule has 0 bridgehead atoms. The van der Waals surface area contributed by atoms with E-state index in [1.165, 1.54) is 6.07 Å². The number of nitrogens with zero attached hydrogens (tertiary/aromatic N) is 2. The predicted molar refractivity (Wildman–Crippen MR) is 101 cm³/mol. The van der Waals surface area contributed by atoms with Crippen molar-refractivity contribution in [1.29, 1.82) is 0 Å². The molecule has 0 amide bonds. The highest BCUT2D eigenvalue weighted by Crippen LogP contribution is 2.18. The second-order valence-corrected chi connectivity index (χ2v) is 5.94. The summed E-state index contributed by atoms with van der Waals surface area (Å²) in [7, 11) is 0. The van der Waals surface area contributed by atoms with Gasteiger partial charge in [-0.1, -0.05) is 48.0 Å². The SMILES string of the molecule is CCOC(=O)c1nn(-c2ccccc2)c(=O)cc1OCc1cccc(C)c1. The van der Waals surface area contributed by atoms with Gasteiger partial charge in [0, 0.05) is 0 Å². The molecule has 0 N–H and O–H groups in total. The normalized spacial score (nSPS) is 10.4. The molecule has 0 saturated heterocycles. The molecule has 0 aliphatic heterocycles. The number of carbonyl (C=O) groups excluding carboxylic acids is 1. The van der Waals surface area contributed by atoms with Crippen LogP contribution in [0.2, 0.25) is 0 Å². The lowest BCUT2D eigenvalue weighted by atomic mass is 10.1. The van der Waals surface area contributed by atoms with Crippen LogP contribution in [0.15, 0.2) is 65.5 Å². The Morgan fingerprint density at radius 3 is 2.56 bits per heavy atom. The number of rotatable bonds is 6. The van der Waals surface area contributed by atoms with Crippen molar-refractivity contribution in [3.63, 3.8) is 0 Å². The van der Waals surface area contributed by atoms with Crippen molar-refractivity contribution >= 4 is 5.97 Å². The maximum Gasteiger partial charge on any atom is 0.362 e. The van der Waals surface area contributed by atoms with Crippen LogP contribution in [0.5, 0.6) is 5.75 Å². The zero-order chi connectivity index (χ0) is 19.2. The van der Waals surface area contributed by atoms with Crippen molar-refractivity contribution in [3.8, 4) is 11.4 Å². The van der Waals surface area contributed by atoms with Gasteiger partial charge in [0.2, 0.25) is 5.69 Å². The summed E-state index contributed by atoms with van der Waals surface area (Å²) >= 11 is 0. The van der Waals surface area contributed by atoms with Crippen molar-refractivity contribution in [2.24, 2.45) is 0 Å². The molecular formula is C21H20N2O4. The highest BCUT2D eigenvalue weighted by Gasteiger charge is 2.20. The average molecular weight is 364 g/mol. The van der Waals surface area contributed by atoms with Crippen molar-refractivity contribution in [3.05, 3.63) is 87.8 Å². The number of para-hydroxylation sites is 1. The second-order valence-electron chi connectivity index (χ2n) is 5.94. The Kier molecular flexibility index (Phi) is 5.66. The average Bonchev–Trinajstić information content (AvgIpc) is 2.67. The van der Waals surface area contributed by atoms with E-state index in [-0.39, 0.29) is 24.7 Å². The van der Waals surface area contributed by atoms with Gasteiger partial charge in [-0.05, 0) is 31.5 Å². The van der Waals surface area contributed by atoms with Gasteiger partial charge in [0.05, 0.1) is 18.4 Å². The first-order valence-corrected chi connectivity index (χ1v) is 8.63. The molecule has 138 valence electrons. The van der Waals surface area contributed by atoms with E-state index in [2.05, 4.69) is 5.10 Å². The largest absolute Gasteiger partial charge is 0.486 e. The maximum atomic E-state index is 12.5. The molecule has 0 radical (unpaired) electrons. The van der Waals surface area contributed by atoms with Gasteiger partial charge in [-0.25, -0.2) is 4.79 Å². The maximum absolute atomic E-state index is 12.5. The molecule has 0 saturated carbocycles. The minimum Gasteiger partial charge on any atom is -0.486 e. The van der Waals surface area contributed by atoms with Gasteiger partial charge < -0.3 is 9.47 Å². The highest BCUT2D eigenvalue weighted by molar-refractivity contribution is 5.90. The third-order valence-corrected chi connectivity index (χ3v) is 3.84. The molecule has 3 rings (SSSR count). The van der Waals surface area contributed by atoms with E-state index < -0.39 is 11.5 Å². The molecule has 0 aliphatic rings. The van der Waals surface area contributed by atoms with Crippen molar-refractivity contribution in [1.82, 2.24) is 9.78 Å². The highest BCUT2D eigenvalue weighted by atomic mass is 16.5. The standard InChI is InChI=1S/C21H20N2O4/c1-3-26-21(25)20-18(27-14-16-9-7-8-15(2)12-16)13-19(24)23(22-20)17-10-5-4-6-11-17/h4-13H,3,14H2,1-2H3. The summed E-state index contributed by atoms with van der Waals surface area (Å²) in [6, 6.07) is 17.9. The van der Waals surface area contributed by atoms with Crippen LogP contribution in [0, 0.1) is 6.92 Å². The first kappa shape index (κ1) is 18.4. The molecule has 2 aromatic carbocycles. The number of benzene rings is 2. The fourth-order valence-electron chi connectivity index (χ4n) is 2.61. The van der Waals surface area contributed by atoms with Crippen LogP contribution in [-0.2, 0) is 11.3 Å². The van der Waals surface area contributed by atoms with Crippen LogP contribution in [0.4, 0.5) is 0 Å². The van der Waals surface area contributed by atoms with Gasteiger partial charge in [-0.2, -0.15) is 9.78 Å². The van der Waals surface area contributed by atoms with E-state index in [0.29, 0.717) is 5.69 Å². The third kappa shape index (κ3) is 4.41. The summed E-state index contributed by atoms with van der Waals surface area (Å²) in [6.07, 6.45) is 0. The Morgan fingerprint density at radius 1 is 1.07 bits per heavy atom. The lowest BCUT2D eigenvalue weighted by Crippen LogP contribution is -2.25. The Balaban J connectivity index is 1.98. The number of carbonyl (C=O) groups is 1. The molecule has 0 fully saturated rings. The number of aryl methyl sites for hydroxylation is 1. The Hall–Kier alpha value is -3.41. The van der Waals surface area contributed by atoms with Crippen LogP contribution in [0.25, 0.3) is 5.69 Å². The fourth-order valence-corrected chi connectivity index (χ4v) is 2.61. The van der Waals surface area contributed by atoms with Gasteiger partial charge in [-0.3, -0.25) is 4.79 Å². The van der Waals surface area contributed by atoms with Gasteiger partial charge in [0.15, 0.2) is 5.75 Å². The molecule has 1 heterocycles. The Morgan fingerprint density at radius 2 is 1.85 bits per heavy atom. The van der Waals surface area contributed by atoms with E-state index in [9.17, 15) is 9.59 Å². The summed E-state index contributed by atoms with van der Waals surface area (Å²) < 4.78 is 12.0. The van der Waals surface area contributed by atoms with E-state index in [1.54, 1.807) is 31.2 Å². The molecule has 27 heavy (non-hydrogen) atoms. The van der Waals surface area contributed by atoms with E-state index in [1.807, 2.05) is 37.3 Å². The summed E-state index contributed by atoms with van der Waals surface area (Å²) in [6.45, 7) is 4.10. The minimum atomic E-state index is -0.638. The summed E-state index contributed by atoms with van der Waals surface area (Å²) in [5, 5.41) is 4.20. The first-order valence-electron chi connectivity index (χ1n) is 8.63. The molecule has 0 atom stereocenters. The van der Waals surface area contributed by atoms with Gasteiger partial charge in [0.25, 0.3) is 5.56 Å². The lowest BCUT2D eigenvalue weighted by molar-refractivity contribution is 0.0511. The lowest BCUT2D eigenvalue weighted by Gasteiger charge is -2.12. The fraction of sp³-hybridized carbons (Fsp3) is 0.190. The summed E-state index contributed by atoms with van der Waals surface area (Å²) in [5.74, 6) is -0.534. The van der Waals surface area contributed by atoms with Gasteiger partial charge >= 0.3 is 5.97 Å². The Labute approximate surface area is 157 Å². The van der Waals surface area contributed by atoms with E-state index in [4.69, 9.17) is 9.47 Å². The molecule has 6 heteroatoms. The monoisotopic (exact) mass is 364 g/mol. The quantitative estimate of drug-likeness (QED) is 0.628. The van der Waals surface area contributed by atoms with Crippen LogP contribution in [-0.4, -0.2) is 22.4 Å². The number of aromatic nitrogens is 2. The summed E-state index contributed by atoms with van der Waals surface area (Å²) in [4.78, 5) is 24.9. The molecule has 1 aromatic heterocycles. The van der Waals surface area contributed by atoms with Gasteiger partial charge in [-0.15, -0.1) is 0 Å². The molecule has 0 aliphatic carbocycles. The number of hydrogen-bond donors (Lipinski definition) is 0. The molecule has 0 spiro atoms. The van der Waals surface area contributed by atoms with Crippen LogP contribution in [0.3, 0.4) is 0 Å². The zero-order valence-corrected chi connectivity index (χ0v) is 15.2. The predicted octanol–water partition coefficient (Wildman–Crippen LogP) is 3.30. The first-order chi connectivity index (χ1) is 13.1. The third-order valence-electron chi connectivity index (χ3n) is 3.84. The van der Waals surface area contributed by atoms with Crippen molar-refractivity contribution in [2.75, 3.05) is 6.61 Å².